The molecule has 104 valence electrons. The molecule has 0 aromatic carbocycles. The minimum Gasteiger partial charge on any atom is -0.325 e. The van der Waals surface area contributed by atoms with Crippen molar-refractivity contribution in [3.63, 3.8) is 0 Å². The topological polar surface area (TPSA) is 26.8 Å². The fraction of sp³-hybridized carbons (Fsp3) is 0.929. The van der Waals surface area contributed by atoms with E-state index in [2.05, 4.69) is 30.6 Å². The standard InChI is InChI=1S/C14H27N3O/c1-5-16-9-6-14(7-10-16)8-11-17(14)13(18)15(4)12(2)3/h12H,5-11H2,1-4H3. The molecule has 0 atom stereocenters. The number of hydrogen-bond acceptors (Lipinski definition) is 2. The van der Waals surface area contributed by atoms with Gasteiger partial charge in [0, 0.05) is 38.3 Å². The van der Waals surface area contributed by atoms with E-state index in [1.165, 1.54) is 6.42 Å². The van der Waals surface area contributed by atoms with Crippen molar-refractivity contribution in [2.45, 2.75) is 51.6 Å². The zero-order valence-corrected chi connectivity index (χ0v) is 12.3. The highest BCUT2D eigenvalue weighted by molar-refractivity contribution is 5.76. The van der Waals surface area contributed by atoms with Gasteiger partial charge < -0.3 is 14.7 Å². The summed E-state index contributed by atoms with van der Waals surface area (Å²) in [4.78, 5) is 18.9. The minimum absolute atomic E-state index is 0.186. The highest BCUT2D eigenvalue weighted by atomic mass is 16.2. The second-order valence-corrected chi connectivity index (χ2v) is 6.05. The summed E-state index contributed by atoms with van der Waals surface area (Å²) in [5, 5.41) is 0. The zero-order valence-electron chi connectivity index (χ0n) is 12.3. The average Bonchev–Trinajstić information content (AvgIpc) is 2.36. The van der Waals surface area contributed by atoms with Gasteiger partial charge >= 0.3 is 6.03 Å². The third kappa shape index (κ3) is 2.22. The van der Waals surface area contributed by atoms with E-state index in [4.69, 9.17) is 0 Å². The molecule has 2 rings (SSSR count). The molecule has 1 spiro atoms. The molecule has 2 fully saturated rings. The van der Waals surface area contributed by atoms with E-state index in [0.29, 0.717) is 0 Å². The Morgan fingerprint density at radius 1 is 1.22 bits per heavy atom. The maximum Gasteiger partial charge on any atom is 0.320 e. The van der Waals surface area contributed by atoms with Gasteiger partial charge in [0.15, 0.2) is 0 Å². The summed E-state index contributed by atoms with van der Waals surface area (Å²) >= 11 is 0. The smallest absolute Gasteiger partial charge is 0.320 e. The summed E-state index contributed by atoms with van der Waals surface area (Å²) in [6.45, 7) is 10.7. The number of nitrogens with zero attached hydrogens (tertiary/aromatic N) is 3. The molecular weight excluding hydrogens is 226 g/mol. The molecule has 2 aliphatic heterocycles. The lowest BCUT2D eigenvalue weighted by Gasteiger charge is -2.57. The Kier molecular flexibility index (Phi) is 3.85. The normalized spacial score (nSPS) is 23.3. The van der Waals surface area contributed by atoms with Crippen LogP contribution in [-0.2, 0) is 0 Å². The molecule has 2 aliphatic rings. The van der Waals surface area contributed by atoms with Crippen molar-refractivity contribution in [2.24, 2.45) is 0 Å². The van der Waals surface area contributed by atoms with Crippen molar-refractivity contribution in [1.82, 2.24) is 14.7 Å². The van der Waals surface area contributed by atoms with Crippen LogP contribution in [0.15, 0.2) is 0 Å². The van der Waals surface area contributed by atoms with Crippen LogP contribution in [0.3, 0.4) is 0 Å². The van der Waals surface area contributed by atoms with E-state index < -0.39 is 0 Å². The van der Waals surface area contributed by atoms with E-state index in [9.17, 15) is 4.79 Å². The number of amides is 2. The first-order valence-corrected chi connectivity index (χ1v) is 7.27. The van der Waals surface area contributed by atoms with Gasteiger partial charge in [-0.15, -0.1) is 0 Å². The lowest BCUT2D eigenvalue weighted by molar-refractivity contribution is -0.0352. The van der Waals surface area contributed by atoms with Crippen LogP contribution in [0.5, 0.6) is 0 Å². The van der Waals surface area contributed by atoms with Gasteiger partial charge in [0.1, 0.15) is 0 Å². The van der Waals surface area contributed by atoms with Gasteiger partial charge in [-0.3, -0.25) is 0 Å². The first-order valence-electron chi connectivity index (χ1n) is 7.27. The highest BCUT2D eigenvalue weighted by Crippen LogP contribution is 2.40. The second kappa shape index (κ2) is 5.08. The molecule has 4 heteroatoms. The Hall–Kier alpha value is -0.770. The summed E-state index contributed by atoms with van der Waals surface area (Å²) in [5.74, 6) is 0. The number of hydrogen-bond donors (Lipinski definition) is 0. The molecule has 2 saturated heterocycles. The third-order valence-electron chi connectivity index (χ3n) is 4.91. The number of rotatable bonds is 2. The van der Waals surface area contributed by atoms with Crippen LogP contribution in [0, 0.1) is 0 Å². The Labute approximate surface area is 111 Å². The fourth-order valence-corrected chi connectivity index (χ4v) is 3.06. The Morgan fingerprint density at radius 3 is 2.17 bits per heavy atom. The van der Waals surface area contributed by atoms with Crippen LogP contribution in [0.2, 0.25) is 0 Å². The first-order chi connectivity index (χ1) is 8.50. The van der Waals surface area contributed by atoms with E-state index in [1.807, 2.05) is 11.9 Å². The van der Waals surface area contributed by atoms with Crippen molar-refractivity contribution < 1.29 is 4.79 Å². The molecule has 2 heterocycles. The van der Waals surface area contributed by atoms with Crippen LogP contribution < -0.4 is 0 Å². The summed E-state index contributed by atoms with van der Waals surface area (Å²) in [6, 6.07) is 0.507. The molecule has 0 aliphatic carbocycles. The maximum atomic E-state index is 12.4. The lowest BCUT2D eigenvalue weighted by atomic mass is 9.76. The first kappa shape index (κ1) is 13.7. The largest absolute Gasteiger partial charge is 0.325 e. The molecule has 0 N–H and O–H groups in total. The van der Waals surface area contributed by atoms with Gasteiger partial charge in [-0.25, -0.2) is 4.79 Å². The fourth-order valence-electron chi connectivity index (χ4n) is 3.06. The molecule has 18 heavy (non-hydrogen) atoms. The SMILES string of the molecule is CCN1CCC2(CC1)CCN2C(=O)N(C)C(C)C. The molecule has 0 saturated carbocycles. The molecule has 0 aromatic heterocycles. The van der Waals surface area contributed by atoms with Gasteiger partial charge in [-0.05, 0) is 39.7 Å². The number of piperidine rings is 1. The Balaban J connectivity index is 1.98. The molecule has 0 radical (unpaired) electrons. The molecule has 0 aromatic rings. The second-order valence-electron chi connectivity index (χ2n) is 6.05. The predicted octanol–water partition coefficient (Wildman–Crippen LogP) is 2.01. The number of likely N-dealkylation sites (tertiary alicyclic amines) is 2. The predicted molar refractivity (Wildman–Crippen MR) is 73.7 cm³/mol. The number of urea groups is 1. The molecule has 2 amide bonds. The van der Waals surface area contributed by atoms with Gasteiger partial charge in [-0.2, -0.15) is 0 Å². The quantitative estimate of drug-likeness (QED) is 0.752. The van der Waals surface area contributed by atoms with Crippen LogP contribution in [0.1, 0.15) is 40.0 Å². The summed E-state index contributed by atoms with van der Waals surface area (Å²) in [6.07, 6.45) is 3.50. The van der Waals surface area contributed by atoms with Gasteiger partial charge in [0.05, 0.1) is 0 Å². The molecule has 4 nitrogen and oxygen atoms in total. The van der Waals surface area contributed by atoms with Crippen LogP contribution in [0.25, 0.3) is 0 Å². The minimum atomic E-state index is 0.186. The van der Waals surface area contributed by atoms with Crippen molar-refractivity contribution in [3.8, 4) is 0 Å². The summed E-state index contributed by atoms with van der Waals surface area (Å²) < 4.78 is 0. The monoisotopic (exact) mass is 253 g/mol. The zero-order chi connectivity index (χ0) is 13.3. The van der Waals surface area contributed by atoms with Gasteiger partial charge in [0.2, 0.25) is 0 Å². The van der Waals surface area contributed by atoms with Crippen molar-refractivity contribution >= 4 is 6.03 Å². The molecular formula is C14H27N3O. The summed E-state index contributed by atoms with van der Waals surface area (Å²) in [7, 11) is 1.92. The highest BCUT2D eigenvalue weighted by Gasteiger charge is 2.49. The number of carbonyl (C=O) groups is 1. The average molecular weight is 253 g/mol. The van der Waals surface area contributed by atoms with Crippen LogP contribution in [0.4, 0.5) is 4.79 Å². The Bertz CT molecular complexity index is 308. The maximum absolute atomic E-state index is 12.4. The van der Waals surface area contributed by atoms with Crippen LogP contribution >= 0.6 is 0 Å². The number of carbonyl (C=O) groups excluding carboxylic acids is 1. The summed E-state index contributed by atoms with van der Waals surface area (Å²) in [5.41, 5.74) is 0.186. The molecule has 0 unspecified atom stereocenters. The van der Waals surface area contributed by atoms with E-state index in [0.717, 1.165) is 39.0 Å². The molecule has 0 bridgehead atoms. The van der Waals surface area contributed by atoms with Gasteiger partial charge in [-0.1, -0.05) is 6.92 Å². The van der Waals surface area contributed by atoms with Crippen molar-refractivity contribution in [1.29, 1.82) is 0 Å². The van der Waals surface area contributed by atoms with Crippen molar-refractivity contribution in [2.75, 3.05) is 33.2 Å². The van der Waals surface area contributed by atoms with E-state index in [1.54, 1.807) is 0 Å². The Morgan fingerprint density at radius 2 is 1.78 bits per heavy atom. The third-order valence-corrected chi connectivity index (χ3v) is 4.91. The van der Waals surface area contributed by atoms with Crippen molar-refractivity contribution in [3.05, 3.63) is 0 Å². The lowest BCUT2D eigenvalue weighted by Crippen LogP contribution is -2.67. The van der Waals surface area contributed by atoms with Gasteiger partial charge in [0.25, 0.3) is 0 Å². The van der Waals surface area contributed by atoms with E-state index in [-0.39, 0.29) is 17.6 Å². The van der Waals surface area contributed by atoms with E-state index >= 15 is 0 Å². The van der Waals surface area contributed by atoms with Crippen LogP contribution in [-0.4, -0.2) is 65.5 Å².